The van der Waals surface area contributed by atoms with Crippen molar-refractivity contribution >= 4 is 17.9 Å². The maximum absolute atomic E-state index is 14.5. The second kappa shape index (κ2) is 9.48. The molecule has 2 unspecified atom stereocenters. The Morgan fingerprint density at radius 1 is 1.19 bits per heavy atom. The Labute approximate surface area is 182 Å². The van der Waals surface area contributed by atoms with Crippen molar-refractivity contribution in [1.82, 2.24) is 9.62 Å². The van der Waals surface area contributed by atoms with Crippen molar-refractivity contribution in [1.29, 1.82) is 0 Å². The first-order valence-corrected chi connectivity index (χ1v) is 11.0. The van der Waals surface area contributed by atoms with Gasteiger partial charge in [-0.15, -0.1) is 0 Å². The van der Waals surface area contributed by atoms with Crippen LogP contribution in [0.3, 0.4) is 0 Å². The topological polar surface area (TPSA) is 41.6 Å². The van der Waals surface area contributed by atoms with Crippen molar-refractivity contribution < 1.29 is 27.1 Å². The van der Waals surface area contributed by atoms with Gasteiger partial charge in [0.2, 0.25) is 5.91 Å². The highest BCUT2D eigenvalue weighted by molar-refractivity contribution is 7.97. The van der Waals surface area contributed by atoms with Gasteiger partial charge in [-0.1, -0.05) is 24.3 Å². The molecule has 9 heteroatoms. The molecule has 2 aromatic carbocycles. The largest absolute Gasteiger partial charge is 0.489 e. The lowest BCUT2D eigenvalue weighted by Gasteiger charge is -2.42. The molecule has 4 nitrogen and oxygen atoms in total. The number of ether oxygens (including phenoxy) is 1. The van der Waals surface area contributed by atoms with Crippen LogP contribution < -0.4 is 9.46 Å². The number of piperidine rings is 1. The van der Waals surface area contributed by atoms with Crippen molar-refractivity contribution in [3.05, 3.63) is 53.6 Å². The minimum absolute atomic E-state index is 0.00933. The highest BCUT2D eigenvalue weighted by atomic mass is 32.2. The second-order valence-electron chi connectivity index (χ2n) is 7.67. The highest BCUT2D eigenvalue weighted by Gasteiger charge is 2.35. The zero-order chi connectivity index (χ0) is 22.0. The SMILES string of the molecule is O=C1CCOc2c(F)cc(F)cc2-c2cccc(c2)CC2C(NSC(F)F)CCCN12. The summed E-state index contributed by atoms with van der Waals surface area (Å²) in [6.07, 6.45) is 1.81. The number of nitrogens with one attached hydrogen (secondary N) is 1. The fourth-order valence-electron chi connectivity index (χ4n) is 4.31. The molecule has 166 valence electrons. The number of carbonyl (C=O) groups excluding carboxylic acids is 1. The number of alkyl halides is 2. The molecular formula is C22H22F4N2O2S. The number of benzene rings is 2. The minimum Gasteiger partial charge on any atom is -0.489 e. The molecule has 0 radical (unpaired) electrons. The smallest absolute Gasteiger partial charge is 0.297 e. The van der Waals surface area contributed by atoms with E-state index in [0.717, 1.165) is 11.6 Å². The Bertz CT molecular complexity index is 959. The van der Waals surface area contributed by atoms with E-state index in [1.165, 1.54) is 6.07 Å². The molecule has 4 rings (SSSR count). The predicted octanol–water partition coefficient (Wildman–Crippen LogP) is 4.78. The lowest BCUT2D eigenvalue weighted by molar-refractivity contribution is -0.136. The van der Waals surface area contributed by atoms with E-state index < -0.39 is 17.4 Å². The van der Waals surface area contributed by atoms with Gasteiger partial charge in [0, 0.05) is 24.2 Å². The van der Waals surface area contributed by atoms with E-state index in [1.54, 1.807) is 23.1 Å². The minimum atomic E-state index is -2.56. The Morgan fingerprint density at radius 2 is 2.03 bits per heavy atom. The molecule has 1 N–H and O–H groups in total. The summed E-state index contributed by atoms with van der Waals surface area (Å²) in [5.74, 6) is -4.38. The van der Waals surface area contributed by atoms with Crippen LogP contribution in [-0.2, 0) is 11.2 Å². The first kappa shape index (κ1) is 22.0. The van der Waals surface area contributed by atoms with Gasteiger partial charge in [-0.3, -0.25) is 9.52 Å². The fraction of sp³-hybridized carbons (Fsp3) is 0.409. The zero-order valence-electron chi connectivity index (χ0n) is 16.6. The van der Waals surface area contributed by atoms with Gasteiger partial charge >= 0.3 is 0 Å². The maximum atomic E-state index is 14.5. The molecule has 2 aliphatic heterocycles. The van der Waals surface area contributed by atoms with Crippen molar-refractivity contribution in [2.75, 3.05) is 13.2 Å². The quantitative estimate of drug-likeness (QED) is 0.536. The third-order valence-electron chi connectivity index (χ3n) is 5.66. The van der Waals surface area contributed by atoms with Gasteiger partial charge in [-0.25, -0.2) is 8.78 Å². The van der Waals surface area contributed by atoms with Gasteiger partial charge in [0.05, 0.1) is 19.1 Å². The van der Waals surface area contributed by atoms with E-state index in [2.05, 4.69) is 4.72 Å². The Morgan fingerprint density at radius 3 is 2.84 bits per heavy atom. The molecule has 1 amide bonds. The normalized spacial score (nSPS) is 21.6. The number of fused-ring (bicyclic) bond motifs is 5. The summed E-state index contributed by atoms with van der Waals surface area (Å²) in [4.78, 5) is 14.6. The van der Waals surface area contributed by atoms with Crippen molar-refractivity contribution in [3.63, 3.8) is 0 Å². The standard InChI is InChI=1S/C22H22F4N2O2S/c23-15-11-16-14-4-1-3-13(9-14)10-19-18(27-31-22(25)26)5-2-7-28(19)20(29)6-8-30-21(16)17(24)12-15/h1,3-4,9,11-12,18-19,22,27H,2,5-8,10H2. The Balaban J connectivity index is 1.73. The van der Waals surface area contributed by atoms with Crippen LogP contribution in [0.15, 0.2) is 36.4 Å². The zero-order valence-corrected chi connectivity index (χ0v) is 17.4. The monoisotopic (exact) mass is 454 g/mol. The average Bonchev–Trinajstić information content (AvgIpc) is 2.73. The van der Waals surface area contributed by atoms with Crippen LogP contribution in [0.25, 0.3) is 11.1 Å². The Kier molecular flexibility index (Phi) is 6.71. The summed E-state index contributed by atoms with van der Waals surface area (Å²) in [6, 6.07) is 8.53. The second-order valence-corrected chi connectivity index (χ2v) is 8.49. The summed E-state index contributed by atoms with van der Waals surface area (Å²) in [7, 11) is 0. The molecule has 2 heterocycles. The lowest BCUT2D eigenvalue weighted by atomic mass is 9.90. The van der Waals surface area contributed by atoms with Crippen molar-refractivity contribution in [2.24, 2.45) is 0 Å². The third-order valence-corrected chi connectivity index (χ3v) is 6.28. The van der Waals surface area contributed by atoms with Crippen LogP contribution in [0, 0.1) is 11.6 Å². The number of rotatable bonds is 3. The average molecular weight is 454 g/mol. The van der Waals surface area contributed by atoms with Crippen molar-refractivity contribution in [2.45, 2.75) is 43.5 Å². The van der Waals surface area contributed by atoms with Crippen LogP contribution in [0.1, 0.15) is 24.8 Å². The summed E-state index contributed by atoms with van der Waals surface area (Å²) in [5, 5.41) is 0. The molecule has 2 bridgehead atoms. The summed E-state index contributed by atoms with van der Waals surface area (Å²) in [6.45, 7) is 0.456. The van der Waals surface area contributed by atoms with Crippen LogP contribution in [-0.4, -0.2) is 41.8 Å². The summed E-state index contributed by atoms with van der Waals surface area (Å²) < 4.78 is 62.4. The van der Waals surface area contributed by atoms with E-state index in [1.807, 2.05) is 6.07 Å². The van der Waals surface area contributed by atoms with E-state index in [4.69, 9.17) is 4.74 Å². The lowest BCUT2D eigenvalue weighted by Crippen LogP contribution is -2.56. The molecule has 0 spiro atoms. The first-order chi connectivity index (χ1) is 14.9. The molecule has 1 fully saturated rings. The fourth-order valence-corrected chi connectivity index (χ4v) is 4.86. The Hall–Kier alpha value is -2.26. The van der Waals surface area contributed by atoms with Gasteiger partial charge in [0.25, 0.3) is 5.76 Å². The van der Waals surface area contributed by atoms with E-state index in [-0.39, 0.29) is 42.3 Å². The molecule has 0 aliphatic carbocycles. The van der Waals surface area contributed by atoms with Gasteiger partial charge in [-0.2, -0.15) is 8.78 Å². The number of hydrogen-bond donors (Lipinski definition) is 1. The third kappa shape index (κ3) is 4.98. The number of nitrogens with zero attached hydrogens (tertiary/aromatic N) is 1. The van der Waals surface area contributed by atoms with Crippen LogP contribution >= 0.6 is 11.9 Å². The molecule has 2 aliphatic rings. The highest BCUT2D eigenvalue weighted by Crippen LogP contribution is 2.35. The first-order valence-electron chi connectivity index (χ1n) is 10.1. The predicted molar refractivity (Wildman–Crippen MR) is 111 cm³/mol. The summed E-state index contributed by atoms with van der Waals surface area (Å²) in [5.41, 5.74) is 1.70. The van der Waals surface area contributed by atoms with Crippen molar-refractivity contribution in [3.8, 4) is 16.9 Å². The van der Waals surface area contributed by atoms with Gasteiger partial charge in [0.15, 0.2) is 11.6 Å². The van der Waals surface area contributed by atoms with Crippen LogP contribution in [0.2, 0.25) is 0 Å². The number of amides is 1. The van der Waals surface area contributed by atoms with E-state index in [9.17, 15) is 22.4 Å². The van der Waals surface area contributed by atoms with Crippen LogP contribution in [0.4, 0.5) is 17.6 Å². The molecule has 0 saturated carbocycles. The molecule has 31 heavy (non-hydrogen) atoms. The van der Waals surface area contributed by atoms with E-state index >= 15 is 0 Å². The number of carbonyl (C=O) groups is 1. The molecule has 0 aromatic heterocycles. The van der Waals surface area contributed by atoms with Gasteiger partial charge in [0.1, 0.15) is 5.82 Å². The van der Waals surface area contributed by atoms with Gasteiger partial charge in [-0.05, 0) is 48.4 Å². The summed E-state index contributed by atoms with van der Waals surface area (Å²) >= 11 is 0.363. The van der Waals surface area contributed by atoms with Crippen LogP contribution in [0.5, 0.6) is 5.75 Å². The number of hydrogen-bond acceptors (Lipinski definition) is 4. The van der Waals surface area contributed by atoms with Gasteiger partial charge < -0.3 is 9.64 Å². The van der Waals surface area contributed by atoms with E-state index in [0.29, 0.717) is 43.3 Å². The number of halogens is 4. The molecule has 2 aromatic rings. The molecule has 1 saturated heterocycles. The maximum Gasteiger partial charge on any atom is 0.297 e. The molecular weight excluding hydrogens is 432 g/mol. The molecule has 2 atom stereocenters.